The van der Waals surface area contributed by atoms with Crippen LogP contribution in [0.25, 0.3) is 16.8 Å². The quantitative estimate of drug-likeness (QED) is 0.433. The number of carbonyl (C=O) groups excluding carboxylic acids is 1. The van der Waals surface area contributed by atoms with Crippen molar-refractivity contribution in [3.8, 4) is 16.8 Å². The first-order valence-electron chi connectivity index (χ1n) is 9.06. The van der Waals surface area contributed by atoms with Crippen molar-refractivity contribution in [3.05, 3.63) is 94.5 Å². The third-order valence-electron chi connectivity index (χ3n) is 4.68. The van der Waals surface area contributed by atoms with Gasteiger partial charge in [-0.15, -0.1) is 0 Å². The van der Waals surface area contributed by atoms with Crippen LogP contribution in [-0.2, 0) is 0 Å². The maximum atomic E-state index is 12.9. The molecule has 5 nitrogen and oxygen atoms in total. The van der Waals surface area contributed by atoms with Gasteiger partial charge >= 0.3 is 0 Å². The summed E-state index contributed by atoms with van der Waals surface area (Å²) in [5.74, 6) is -0.202. The molecule has 0 fully saturated rings. The van der Waals surface area contributed by atoms with Gasteiger partial charge in [0, 0.05) is 39.8 Å². The molecule has 2 N–H and O–H groups in total. The second kappa shape index (κ2) is 8.15. The normalized spacial score (nSPS) is 12.0. The molecule has 1 amide bonds. The zero-order chi connectivity index (χ0) is 20.4. The number of aromatic amines is 1. The fraction of sp³-hybridized carbons (Fsp3) is 0.0909. The van der Waals surface area contributed by atoms with E-state index in [1.165, 1.54) is 0 Å². The molecule has 146 valence electrons. The number of hydrogen-bond acceptors (Lipinski definition) is 2. The average Bonchev–Trinajstić information content (AvgIpc) is 3.38. The second-order valence-corrected chi connectivity index (χ2v) is 7.50. The summed E-state index contributed by atoms with van der Waals surface area (Å²) in [5.41, 5.74) is 3.91. The first-order valence-corrected chi connectivity index (χ1v) is 9.81. The van der Waals surface area contributed by atoms with E-state index in [1.807, 2.05) is 49.5 Å². The van der Waals surface area contributed by atoms with Crippen LogP contribution in [0.5, 0.6) is 0 Å². The Balaban J connectivity index is 1.56. The fourth-order valence-electron chi connectivity index (χ4n) is 3.18. The molecule has 1 atom stereocenters. The van der Waals surface area contributed by atoms with Crippen LogP contribution in [0.3, 0.4) is 0 Å². The lowest BCUT2D eigenvalue weighted by molar-refractivity contribution is 0.0940. The van der Waals surface area contributed by atoms with Crippen LogP contribution in [0.15, 0.2) is 73.3 Å². The summed E-state index contributed by atoms with van der Waals surface area (Å²) >= 11 is 12.2. The first-order chi connectivity index (χ1) is 14.0. The molecule has 4 aromatic rings. The Bertz CT molecular complexity index is 1150. The lowest BCUT2D eigenvalue weighted by Crippen LogP contribution is -2.26. The zero-order valence-electron chi connectivity index (χ0n) is 15.6. The van der Waals surface area contributed by atoms with Crippen molar-refractivity contribution in [1.82, 2.24) is 20.1 Å². The van der Waals surface area contributed by atoms with Crippen LogP contribution in [0.2, 0.25) is 10.0 Å². The number of aromatic nitrogens is 3. The van der Waals surface area contributed by atoms with Gasteiger partial charge in [-0.25, -0.2) is 4.68 Å². The summed E-state index contributed by atoms with van der Waals surface area (Å²) in [4.78, 5) is 15.9. The standard InChI is InChI=1S/C22H18Cl2N4O/c1-14(18-8-7-16(23)9-21(18)24)27-22(29)20-12-25-11-19(20)15-10-26-28(13-15)17-5-3-2-4-6-17/h2-14,25H,1H3,(H,27,29)/t14-/m0/s1. The highest BCUT2D eigenvalue weighted by atomic mass is 35.5. The van der Waals surface area contributed by atoms with Crippen molar-refractivity contribution in [2.45, 2.75) is 13.0 Å². The van der Waals surface area contributed by atoms with Gasteiger partial charge in [0.1, 0.15) is 0 Å². The molecule has 0 aliphatic heterocycles. The molecule has 0 bridgehead atoms. The Morgan fingerprint density at radius 1 is 1.14 bits per heavy atom. The Kier molecular flexibility index (Phi) is 5.43. The topological polar surface area (TPSA) is 62.7 Å². The third kappa shape index (κ3) is 4.06. The minimum absolute atomic E-state index is 0.202. The SMILES string of the molecule is C[C@H](NC(=O)c1c[nH]cc1-c1cnn(-c2ccccc2)c1)c1ccc(Cl)cc1Cl. The van der Waals surface area contributed by atoms with Crippen molar-refractivity contribution in [2.24, 2.45) is 0 Å². The lowest BCUT2D eigenvalue weighted by atomic mass is 10.1. The molecule has 0 saturated carbocycles. The summed E-state index contributed by atoms with van der Waals surface area (Å²) < 4.78 is 1.78. The molecular formula is C22H18Cl2N4O. The summed E-state index contributed by atoms with van der Waals surface area (Å²) in [6.45, 7) is 1.88. The molecular weight excluding hydrogens is 407 g/mol. The van der Waals surface area contributed by atoms with Gasteiger partial charge < -0.3 is 10.3 Å². The highest BCUT2D eigenvalue weighted by Crippen LogP contribution is 2.28. The van der Waals surface area contributed by atoms with Gasteiger partial charge in [-0.3, -0.25) is 4.79 Å². The Morgan fingerprint density at radius 2 is 1.93 bits per heavy atom. The van der Waals surface area contributed by atoms with Crippen molar-refractivity contribution in [1.29, 1.82) is 0 Å². The van der Waals surface area contributed by atoms with Gasteiger partial charge in [-0.2, -0.15) is 5.10 Å². The molecule has 2 aromatic carbocycles. The van der Waals surface area contributed by atoms with Crippen LogP contribution < -0.4 is 5.32 Å². The van der Waals surface area contributed by atoms with Crippen molar-refractivity contribution in [3.63, 3.8) is 0 Å². The molecule has 7 heteroatoms. The smallest absolute Gasteiger partial charge is 0.253 e. The lowest BCUT2D eigenvalue weighted by Gasteiger charge is -2.16. The molecule has 0 saturated heterocycles. The van der Waals surface area contributed by atoms with E-state index >= 15 is 0 Å². The van der Waals surface area contributed by atoms with Crippen molar-refractivity contribution >= 4 is 29.1 Å². The number of amides is 1. The number of benzene rings is 2. The zero-order valence-corrected chi connectivity index (χ0v) is 17.1. The van der Waals surface area contributed by atoms with Gasteiger partial charge in [0.25, 0.3) is 5.91 Å². The molecule has 0 aliphatic carbocycles. The van der Waals surface area contributed by atoms with E-state index in [1.54, 1.807) is 35.4 Å². The second-order valence-electron chi connectivity index (χ2n) is 6.65. The van der Waals surface area contributed by atoms with E-state index in [2.05, 4.69) is 15.4 Å². The molecule has 4 rings (SSSR count). The van der Waals surface area contributed by atoms with E-state index in [4.69, 9.17) is 23.2 Å². The maximum Gasteiger partial charge on any atom is 0.253 e. The van der Waals surface area contributed by atoms with E-state index in [0.29, 0.717) is 15.6 Å². The number of nitrogens with zero attached hydrogens (tertiary/aromatic N) is 2. The molecule has 2 heterocycles. The van der Waals surface area contributed by atoms with Crippen molar-refractivity contribution < 1.29 is 4.79 Å². The fourth-order valence-corrected chi connectivity index (χ4v) is 3.75. The van der Waals surface area contributed by atoms with E-state index in [9.17, 15) is 4.79 Å². The molecule has 0 unspecified atom stereocenters. The first kappa shape index (κ1) is 19.3. The van der Waals surface area contributed by atoms with Gasteiger partial charge in [0.15, 0.2) is 0 Å². The average molecular weight is 425 g/mol. The molecule has 0 aliphatic rings. The molecule has 2 aromatic heterocycles. The van der Waals surface area contributed by atoms with Gasteiger partial charge in [-0.1, -0.05) is 47.5 Å². The summed E-state index contributed by atoms with van der Waals surface area (Å²) in [7, 11) is 0. The predicted octanol–water partition coefficient (Wildman–Crippen LogP) is 5.67. The molecule has 29 heavy (non-hydrogen) atoms. The number of carbonyl (C=O) groups is 1. The molecule has 0 spiro atoms. The maximum absolute atomic E-state index is 12.9. The Hall–Kier alpha value is -3.02. The van der Waals surface area contributed by atoms with Crippen LogP contribution in [0, 0.1) is 0 Å². The summed E-state index contributed by atoms with van der Waals surface area (Å²) in [6.07, 6.45) is 7.11. The Labute approximate surface area is 178 Å². The minimum atomic E-state index is -0.276. The Morgan fingerprint density at radius 3 is 2.69 bits per heavy atom. The van der Waals surface area contributed by atoms with Gasteiger partial charge in [0.2, 0.25) is 0 Å². The van der Waals surface area contributed by atoms with Crippen LogP contribution in [0.4, 0.5) is 0 Å². The third-order valence-corrected chi connectivity index (χ3v) is 5.24. The van der Waals surface area contributed by atoms with Gasteiger partial charge in [-0.05, 0) is 36.8 Å². The van der Waals surface area contributed by atoms with Crippen LogP contribution >= 0.6 is 23.2 Å². The summed E-state index contributed by atoms with van der Waals surface area (Å²) in [5, 5.41) is 8.48. The van der Waals surface area contributed by atoms with E-state index < -0.39 is 0 Å². The van der Waals surface area contributed by atoms with E-state index in [0.717, 1.165) is 22.4 Å². The van der Waals surface area contributed by atoms with Crippen LogP contribution in [-0.4, -0.2) is 20.7 Å². The van der Waals surface area contributed by atoms with Crippen molar-refractivity contribution in [2.75, 3.05) is 0 Å². The summed E-state index contributed by atoms with van der Waals surface area (Å²) in [6, 6.07) is 14.8. The largest absolute Gasteiger partial charge is 0.366 e. The number of nitrogens with one attached hydrogen (secondary N) is 2. The molecule has 0 radical (unpaired) electrons. The predicted molar refractivity (Wildman–Crippen MR) is 116 cm³/mol. The van der Waals surface area contributed by atoms with Gasteiger partial charge in [0.05, 0.1) is 23.5 Å². The number of H-pyrrole nitrogens is 1. The van der Waals surface area contributed by atoms with Crippen LogP contribution in [0.1, 0.15) is 28.9 Å². The van der Waals surface area contributed by atoms with E-state index in [-0.39, 0.29) is 11.9 Å². The number of hydrogen-bond donors (Lipinski definition) is 2. The highest BCUT2D eigenvalue weighted by molar-refractivity contribution is 6.35. The monoisotopic (exact) mass is 424 g/mol. The number of para-hydroxylation sites is 1. The number of rotatable bonds is 5. The minimum Gasteiger partial charge on any atom is -0.366 e. The highest BCUT2D eigenvalue weighted by Gasteiger charge is 2.19. The number of halogens is 2.